The Morgan fingerprint density at radius 2 is 2.11 bits per heavy atom. The third-order valence-corrected chi connectivity index (χ3v) is 2.77. The van der Waals surface area contributed by atoms with Crippen LogP contribution in [0.15, 0.2) is 30.5 Å². The summed E-state index contributed by atoms with van der Waals surface area (Å²) in [5.74, 6) is -0.754. The molecule has 0 saturated heterocycles. The van der Waals surface area contributed by atoms with Gasteiger partial charge in [0.2, 0.25) is 0 Å². The van der Waals surface area contributed by atoms with Crippen LogP contribution in [0, 0.1) is 0 Å². The molecule has 1 N–H and O–H groups in total. The quantitative estimate of drug-likeness (QED) is 0.824. The van der Waals surface area contributed by atoms with Crippen LogP contribution in [0.25, 0.3) is 10.9 Å². The van der Waals surface area contributed by atoms with Crippen LogP contribution >= 0.6 is 0 Å². The number of nitrogens with one attached hydrogen (secondary N) is 1. The summed E-state index contributed by atoms with van der Waals surface area (Å²) >= 11 is 0. The van der Waals surface area contributed by atoms with E-state index in [1.54, 1.807) is 12.1 Å². The fourth-order valence-electron chi connectivity index (χ4n) is 1.75. The number of fused-ring (bicyclic) bond motifs is 1. The van der Waals surface area contributed by atoms with Crippen molar-refractivity contribution in [2.24, 2.45) is 7.05 Å². The van der Waals surface area contributed by atoms with E-state index in [2.05, 4.69) is 10.1 Å². The number of ether oxygens (including phenoxy) is 1. The smallest absolute Gasteiger partial charge is 0.325 e. The lowest BCUT2D eigenvalue weighted by Gasteiger charge is -2.04. The molecule has 0 saturated carbocycles. The zero-order valence-corrected chi connectivity index (χ0v) is 10.3. The van der Waals surface area contributed by atoms with E-state index >= 15 is 0 Å². The minimum Gasteiger partial charge on any atom is -0.468 e. The van der Waals surface area contributed by atoms with Gasteiger partial charge in [-0.3, -0.25) is 9.59 Å². The predicted octanol–water partition coefficient (Wildman–Crippen LogP) is 1.08. The Balaban J connectivity index is 2.15. The number of carbonyl (C=O) groups is 2. The normalized spacial score (nSPS) is 10.3. The minimum absolute atomic E-state index is 0.123. The van der Waals surface area contributed by atoms with Gasteiger partial charge >= 0.3 is 5.97 Å². The summed E-state index contributed by atoms with van der Waals surface area (Å²) in [6, 6.07) is 7.34. The van der Waals surface area contributed by atoms with Crippen LogP contribution in [0.4, 0.5) is 0 Å². The van der Waals surface area contributed by atoms with E-state index in [9.17, 15) is 9.59 Å². The molecule has 0 aliphatic heterocycles. The summed E-state index contributed by atoms with van der Waals surface area (Å²) in [4.78, 5) is 22.7. The van der Waals surface area contributed by atoms with Crippen LogP contribution in [0.2, 0.25) is 0 Å². The summed E-state index contributed by atoms with van der Waals surface area (Å²) in [6.07, 6.45) is 1.93. The summed E-state index contributed by atoms with van der Waals surface area (Å²) in [6.45, 7) is -0.123. The first-order valence-corrected chi connectivity index (χ1v) is 5.52. The number of amides is 1. The Labute approximate surface area is 104 Å². The summed E-state index contributed by atoms with van der Waals surface area (Å²) in [5, 5.41) is 3.49. The van der Waals surface area contributed by atoms with Gasteiger partial charge in [0.05, 0.1) is 7.11 Å². The van der Waals surface area contributed by atoms with E-state index < -0.39 is 5.97 Å². The summed E-state index contributed by atoms with van der Waals surface area (Å²) in [7, 11) is 3.23. The molecule has 1 aromatic heterocycles. The molecule has 0 bridgehead atoms. The molecule has 5 heteroatoms. The highest BCUT2D eigenvalue weighted by Gasteiger charge is 2.09. The van der Waals surface area contributed by atoms with Gasteiger partial charge in [0.15, 0.2) is 0 Å². The van der Waals surface area contributed by atoms with Gasteiger partial charge in [-0.1, -0.05) is 0 Å². The number of benzene rings is 1. The Bertz CT molecular complexity index is 601. The van der Waals surface area contributed by atoms with Gasteiger partial charge in [0.1, 0.15) is 6.54 Å². The summed E-state index contributed by atoms with van der Waals surface area (Å²) in [5.41, 5.74) is 1.58. The van der Waals surface area contributed by atoms with Crippen molar-refractivity contribution in [2.75, 3.05) is 13.7 Å². The average Bonchev–Trinajstić information content (AvgIpc) is 2.76. The Morgan fingerprint density at radius 3 is 2.83 bits per heavy atom. The van der Waals surface area contributed by atoms with E-state index in [0.29, 0.717) is 5.56 Å². The molecule has 0 aliphatic rings. The molecule has 0 spiro atoms. The molecule has 0 atom stereocenters. The molecule has 0 radical (unpaired) electrons. The third-order valence-electron chi connectivity index (χ3n) is 2.77. The van der Waals surface area contributed by atoms with Crippen molar-refractivity contribution < 1.29 is 14.3 Å². The molecule has 2 aromatic rings. The topological polar surface area (TPSA) is 60.3 Å². The first-order chi connectivity index (χ1) is 8.61. The van der Waals surface area contributed by atoms with Crippen LogP contribution in [-0.2, 0) is 16.6 Å². The van der Waals surface area contributed by atoms with Gasteiger partial charge in [-0.2, -0.15) is 0 Å². The molecule has 94 valence electrons. The van der Waals surface area contributed by atoms with E-state index in [1.165, 1.54) is 7.11 Å². The molecule has 1 amide bonds. The number of aryl methyl sites for hydroxylation is 1. The van der Waals surface area contributed by atoms with Gasteiger partial charge in [0, 0.05) is 29.7 Å². The van der Waals surface area contributed by atoms with Gasteiger partial charge < -0.3 is 14.6 Å². The van der Waals surface area contributed by atoms with E-state index in [1.807, 2.05) is 29.9 Å². The van der Waals surface area contributed by atoms with Crippen molar-refractivity contribution >= 4 is 22.8 Å². The molecular weight excluding hydrogens is 232 g/mol. The molecule has 5 nitrogen and oxygen atoms in total. The number of esters is 1. The number of rotatable bonds is 3. The molecule has 2 rings (SSSR count). The Kier molecular flexibility index (Phi) is 3.32. The first-order valence-electron chi connectivity index (χ1n) is 5.52. The number of carbonyl (C=O) groups excluding carboxylic acids is 2. The predicted molar refractivity (Wildman–Crippen MR) is 67.3 cm³/mol. The van der Waals surface area contributed by atoms with E-state index in [0.717, 1.165) is 10.9 Å². The lowest BCUT2D eigenvalue weighted by atomic mass is 10.1. The maximum Gasteiger partial charge on any atom is 0.325 e. The third kappa shape index (κ3) is 2.34. The van der Waals surface area contributed by atoms with Gasteiger partial charge in [-0.15, -0.1) is 0 Å². The Hall–Kier alpha value is -2.30. The van der Waals surface area contributed by atoms with E-state index in [4.69, 9.17) is 0 Å². The van der Waals surface area contributed by atoms with Crippen molar-refractivity contribution in [3.05, 3.63) is 36.0 Å². The van der Waals surface area contributed by atoms with Crippen molar-refractivity contribution in [3.63, 3.8) is 0 Å². The molecular formula is C13H14N2O3. The number of methoxy groups -OCH3 is 1. The molecule has 1 heterocycles. The Morgan fingerprint density at radius 1 is 1.33 bits per heavy atom. The van der Waals surface area contributed by atoms with E-state index in [-0.39, 0.29) is 12.5 Å². The minimum atomic E-state index is -0.468. The SMILES string of the molecule is COC(=O)CNC(=O)c1ccc2c(ccn2C)c1. The maximum absolute atomic E-state index is 11.8. The first kappa shape index (κ1) is 12.2. The number of nitrogens with zero attached hydrogens (tertiary/aromatic N) is 1. The fourth-order valence-corrected chi connectivity index (χ4v) is 1.75. The van der Waals surface area contributed by atoms with Gasteiger partial charge in [0.25, 0.3) is 5.91 Å². The van der Waals surface area contributed by atoms with Crippen LogP contribution in [0.5, 0.6) is 0 Å². The van der Waals surface area contributed by atoms with Crippen molar-refractivity contribution in [1.82, 2.24) is 9.88 Å². The second-order valence-electron chi connectivity index (χ2n) is 3.96. The lowest BCUT2D eigenvalue weighted by molar-refractivity contribution is -0.139. The number of hydrogen-bond donors (Lipinski definition) is 1. The average molecular weight is 246 g/mol. The standard InChI is InChI=1S/C13H14N2O3/c1-15-6-5-9-7-10(3-4-11(9)15)13(17)14-8-12(16)18-2/h3-7H,8H2,1-2H3,(H,14,17). The number of hydrogen-bond acceptors (Lipinski definition) is 3. The highest BCUT2D eigenvalue weighted by atomic mass is 16.5. The highest BCUT2D eigenvalue weighted by Crippen LogP contribution is 2.16. The van der Waals surface area contributed by atoms with Crippen LogP contribution in [0.3, 0.4) is 0 Å². The number of aromatic nitrogens is 1. The van der Waals surface area contributed by atoms with Crippen LogP contribution in [-0.4, -0.2) is 30.1 Å². The van der Waals surface area contributed by atoms with Crippen molar-refractivity contribution in [1.29, 1.82) is 0 Å². The summed E-state index contributed by atoms with van der Waals surface area (Å²) < 4.78 is 6.43. The highest BCUT2D eigenvalue weighted by molar-refractivity contribution is 5.99. The van der Waals surface area contributed by atoms with Crippen molar-refractivity contribution in [3.8, 4) is 0 Å². The van der Waals surface area contributed by atoms with Gasteiger partial charge in [-0.25, -0.2) is 0 Å². The molecule has 0 fully saturated rings. The monoisotopic (exact) mass is 246 g/mol. The molecule has 0 aliphatic carbocycles. The van der Waals surface area contributed by atoms with Gasteiger partial charge in [-0.05, 0) is 24.3 Å². The largest absolute Gasteiger partial charge is 0.468 e. The zero-order valence-electron chi connectivity index (χ0n) is 10.3. The molecule has 0 unspecified atom stereocenters. The zero-order chi connectivity index (χ0) is 13.1. The second-order valence-corrected chi connectivity index (χ2v) is 3.96. The molecule has 1 aromatic carbocycles. The lowest BCUT2D eigenvalue weighted by Crippen LogP contribution is -2.30. The fraction of sp³-hybridized carbons (Fsp3) is 0.231. The maximum atomic E-state index is 11.8. The van der Waals surface area contributed by atoms with Crippen LogP contribution in [0.1, 0.15) is 10.4 Å². The second kappa shape index (κ2) is 4.91. The molecule has 18 heavy (non-hydrogen) atoms. The van der Waals surface area contributed by atoms with Crippen LogP contribution < -0.4 is 5.32 Å². The van der Waals surface area contributed by atoms with Crippen molar-refractivity contribution in [2.45, 2.75) is 0 Å².